The van der Waals surface area contributed by atoms with Gasteiger partial charge in [-0.25, -0.2) is 22.8 Å². The number of fused-ring (bicyclic) bond motifs is 1. The molecule has 4 heterocycles. The molecular formula is C25H28FN5O4S. The molecule has 3 aromatic rings. The molecule has 0 radical (unpaired) electrons. The number of carbonyl (C=O) groups is 1. The van der Waals surface area contributed by atoms with Crippen molar-refractivity contribution >= 4 is 27.1 Å². The second-order valence-corrected chi connectivity index (χ2v) is 11.3. The molecule has 2 aliphatic rings. The first-order valence-electron chi connectivity index (χ1n) is 11.9. The quantitative estimate of drug-likeness (QED) is 0.445. The third kappa shape index (κ3) is 4.85. The van der Waals surface area contributed by atoms with Crippen molar-refractivity contribution in [1.29, 1.82) is 0 Å². The van der Waals surface area contributed by atoms with Crippen LogP contribution in [0.15, 0.2) is 47.8 Å². The van der Waals surface area contributed by atoms with E-state index in [1.165, 1.54) is 18.5 Å². The van der Waals surface area contributed by atoms with Crippen LogP contribution in [0, 0.1) is 5.82 Å². The van der Waals surface area contributed by atoms with E-state index in [0.29, 0.717) is 36.9 Å². The highest BCUT2D eigenvalue weighted by atomic mass is 32.2. The summed E-state index contributed by atoms with van der Waals surface area (Å²) in [6.07, 6.45) is 6.41. The fourth-order valence-corrected chi connectivity index (χ4v) is 5.45. The fourth-order valence-electron chi connectivity index (χ4n) is 4.82. The summed E-state index contributed by atoms with van der Waals surface area (Å²) in [5, 5.41) is 0. The van der Waals surface area contributed by atoms with Gasteiger partial charge in [-0.3, -0.25) is 9.69 Å². The molecule has 0 unspecified atom stereocenters. The lowest BCUT2D eigenvalue weighted by Crippen LogP contribution is -2.41. The lowest BCUT2D eigenvalue weighted by atomic mass is 10.1. The molecule has 0 bridgehead atoms. The van der Waals surface area contributed by atoms with E-state index in [2.05, 4.69) is 14.9 Å². The Morgan fingerprint density at radius 1 is 1.17 bits per heavy atom. The van der Waals surface area contributed by atoms with E-state index >= 15 is 0 Å². The molecule has 0 atom stereocenters. The summed E-state index contributed by atoms with van der Waals surface area (Å²) in [5.41, 5.74) is 1.78. The van der Waals surface area contributed by atoms with Crippen LogP contribution < -0.4 is 9.64 Å². The molecule has 0 saturated carbocycles. The number of hydrogen-bond donors (Lipinski definition) is 0. The highest BCUT2D eigenvalue weighted by Gasteiger charge is 2.30. The topological polar surface area (TPSA) is 97.6 Å². The molecule has 0 N–H and O–H groups in total. The second kappa shape index (κ2) is 9.62. The molecular weight excluding hydrogens is 485 g/mol. The first kappa shape index (κ1) is 24.4. The lowest BCUT2D eigenvalue weighted by Gasteiger charge is -2.31. The Labute approximate surface area is 209 Å². The Balaban J connectivity index is 1.24. The van der Waals surface area contributed by atoms with Crippen molar-refractivity contribution in [3.63, 3.8) is 0 Å². The zero-order valence-corrected chi connectivity index (χ0v) is 21.0. The van der Waals surface area contributed by atoms with E-state index < -0.39 is 15.7 Å². The number of rotatable bonds is 7. The van der Waals surface area contributed by atoms with E-state index in [0.717, 1.165) is 43.8 Å². The molecule has 36 heavy (non-hydrogen) atoms. The minimum Gasteiger partial charge on any atom is -0.474 e. The Kier molecular flexibility index (Phi) is 6.52. The van der Waals surface area contributed by atoms with Crippen LogP contribution in [-0.4, -0.2) is 72.2 Å². The zero-order valence-electron chi connectivity index (χ0n) is 20.2. The van der Waals surface area contributed by atoms with Crippen LogP contribution in [0.3, 0.4) is 0 Å². The zero-order chi connectivity index (χ0) is 25.4. The number of sulfone groups is 1. The van der Waals surface area contributed by atoms with Gasteiger partial charge in [-0.2, -0.15) is 0 Å². The number of likely N-dealkylation sites (tertiary alicyclic amines) is 1. The summed E-state index contributed by atoms with van der Waals surface area (Å²) in [6, 6.07) is 7.62. The molecule has 11 heteroatoms. The normalized spacial score (nSPS) is 16.8. The molecule has 0 spiro atoms. The number of ether oxygens (including phenoxy) is 1. The molecule has 2 aliphatic heterocycles. The number of hydrogen-bond acceptors (Lipinski definition) is 8. The summed E-state index contributed by atoms with van der Waals surface area (Å²) >= 11 is 0. The second-order valence-electron chi connectivity index (χ2n) is 9.29. The molecule has 0 aliphatic carbocycles. The van der Waals surface area contributed by atoms with Gasteiger partial charge < -0.3 is 14.2 Å². The van der Waals surface area contributed by atoms with Gasteiger partial charge in [0, 0.05) is 39.1 Å². The average molecular weight is 514 g/mol. The summed E-state index contributed by atoms with van der Waals surface area (Å²) in [6.45, 7) is 2.36. The van der Waals surface area contributed by atoms with Gasteiger partial charge in [0.15, 0.2) is 15.6 Å². The molecule has 0 amide bonds. The van der Waals surface area contributed by atoms with Gasteiger partial charge in [-0.1, -0.05) is 0 Å². The van der Waals surface area contributed by atoms with Gasteiger partial charge in [-0.15, -0.1) is 0 Å². The van der Waals surface area contributed by atoms with Gasteiger partial charge in [0.2, 0.25) is 5.88 Å². The number of Topliss-reactive ketones (excluding diaryl/α,β-unsaturated/α-hetero) is 1. The number of piperidine rings is 1. The molecule has 9 nitrogen and oxygen atoms in total. The molecule has 1 fully saturated rings. The van der Waals surface area contributed by atoms with E-state index in [-0.39, 0.29) is 22.5 Å². The third-order valence-corrected chi connectivity index (χ3v) is 7.88. The molecule has 1 saturated heterocycles. The van der Waals surface area contributed by atoms with Crippen LogP contribution in [-0.2, 0) is 23.3 Å². The Morgan fingerprint density at radius 2 is 1.94 bits per heavy atom. The van der Waals surface area contributed by atoms with Crippen molar-refractivity contribution in [3.05, 3.63) is 59.9 Å². The maximum atomic E-state index is 14.8. The minimum atomic E-state index is -3.50. The molecule has 1 aromatic carbocycles. The lowest BCUT2D eigenvalue weighted by molar-refractivity contribution is 0.0769. The van der Waals surface area contributed by atoms with Gasteiger partial charge in [0.05, 0.1) is 28.4 Å². The maximum absolute atomic E-state index is 14.8. The van der Waals surface area contributed by atoms with Gasteiger partial charge >= 0.3 is 0 Å². The van der Waals surface area contributed by atoms with Gasteiger partial charge in [-0.05, 0) is 49.6 Å². The van der Waals surface area contributed by atoms with E-state index in [4.69, 9.17) is 4.74 Å². The smallest absolute Gasteiger partial charge is 0.222 e. The minimum absolute atomic E-state index is 0.0368. The maximum Gasteiger partial charge on any atom is 0.222 e. The summed E-state index contributed by atoms with van der Waals surface area (Å²) in [7, 11) is -1.63. The van der Waals surface area contributed by atoms with Crippen LogP contribution in [0.5, 0.6) is 5.88 Å². The van der Waals surface area contributed by atoms with Crippen molar-refractivity contribution in [2.45, 2.75) is 30.3 Å². The monoisotopic (exact) mass is 513 g/mol. The van der Waals surface area contributed by atoms with E-state index in [9.17, 15) is 17.6 Å². The van der Waals surface area contributed by atoms with Crippen molar-refractivity contribution < 1.29 is 22.3 Å². The van der Waals surface area contributed by atoms with E-state index in [1.54, 1.807) is 4.90 Å². The number of ketones is 1. The third-order valence-electron chi connectivity index (χ3n) is 6.77. The van der Waals surface area contributed by atoms with Crippen molar-refractivity contribution in [3.8, 4) is 5.88 Å². The van der Waals surface area contributed by atoms with Crippen LogP contribution in [0.25, 0.3) is 0 Å². The van der Waals surface area contributed by atoms with Crippen LogP contribution in [0.4, 0.5) is 15.9 Å². The average Bonchev–Trinajstić information content (AvgIpc) is 3.46. The predicted octanol–water partition coefficient (Wildman–Crippen LogP) is 2.78. The van der Waals surface area contributed by atoms with Crippen molar-refractivity contribution in [2.24, 2.45) is 7.05 Å². The number of halogens is 1. The number of carbonyl (C=O) groups excluding carboxylic acids is 1. The summed E-state index contributed by atoms with van der Waals surface area (Å²) in [5.74, 6) is 0.544. The highest BCUT2D eigenvalue weighted by Crippen LogP contribution is 2.38. The number of aryl methyl sites for hydroxylation is 1. The Hall–Kier alpha value is -3.31. The predicted molar refractivity (Wildman–Crippen MR) is 132 cm³/mol. The number of anilines is 2. The van der Waals surface area contributed by atoms with Gasteiger partial charge in [0.25, 0.3) is 0 Å². The van der Waals surface area contributed by atoms with Crippen molar-refractivity contribution in [2.75, 3.05) is 37.3 Å². The standard InChI is InChI=1S/C25H28FN5O4S/c1-29-10-3-4-22(29)23(32)15-30-11-7-17(8-12-30)35-25-19-9-13-31(24(19)27-16-28-25)21-6-5-18(14-20(21)26)36(2,33)34/h3-6,10,14,16-17H,7-9,11-13,15H2,1-2H3. The highest BCUT2D eigenvalue weighted by molar-refractivity contribution is 7.90. The summed E-state index contributed by atoms with van der Waals surface area (Å²) in [4.78, 5) is 25.1. The summed E-state index contributed by atoms with van der Waals surface area (Å²) < 4.78 is 46.4. The molecule has 5 rings (SSSR count). The van der Waals surface area contributed by atoms with Crippen LogP contribution >= 0.6 is 0 Å². The first-order valence-corrected chi connectivity index (χ1v) is 13.7. The van der Waals surface area contributed by atoms with Crippen LogP contribution in [0.2, 0.25) is 0 Å². The molecule has 2 aromatic heterocycles. The first-order chi connectivity index (χ1) is 17.2. The largest absolute Gasteiger partial charge is 0.474 e. The number of aromatic nitrogens is 3. The van der Waals surface area contributed by atoms with Crippen molar-refractivity contribution in [1.82, 2.24) is 19.4 Å². The number of benzene rings is 1. The fraction of sp³-hybridized carbons (Fsp3) is 0.400. The SMILES string of the molecule is Cn1cccc1C(=O)CN1CCC(Oc2ncnc3c2CCN3c2ccc(S(C)(=O)=O)cc2F)CC1. The number of nitrogens with zero attached hydrogens (tertiary/aromatic N) is 5. The Morgan fingerprint density at radius 3 is 2.61 bits per heavy atom. The van der Waals surface area contributed by atoms with E-state index in [1.807, 2.05) is 29.9 Å². The molecule has 190 valence electrons. The Bertz CT molecular complexity index is 1400. The van der Waals surface area contributed by atoms with Gasteiger partial charge in [0.1, 0.15) is 24.1 Å². The van der Waals surface area contributed by atoms with Crippen LogP contribution in [0.1, 0.15) is 28.9 Å².